The fourth-order valence-electron chi connectivity index (χ4n) is 3.50. The Labute approximate surface area is 168 Å². The van der Waals surface area contributed by atoms with E-state index in [1.807, 2.05) is 18.2 Å². The van der Waals surface area contributed by atoms with Crippen LogP contribution in [0.4, 0.5) is 0 Å². The lowest BCUT2D eigenvalue weighted by Gasteiger charge is -2.08. The van der Waals surface area contributed by atoms with Crippen LogP contribution in [0, 0.1) is 27.7 Å². The van der Waals surface area contributed by atoms with Crippen LogP contribution >= 0.6 is 0 Å². The first-order valence-electron chi connectivity index (χ1n) is 9.39. The molecule has 4 aromatic rings. The van der Waals surface area contributed by atoms with Crippen LogP contribution in [-0.4, -0.2) is 5.11 Å². The lowest BCUT2D eigenvalue weighted by atomic mass is 10.1. The minimum absolute atomic E-state index is 0.0748. The van der Waals surface area contributed by atoms with Crippen LogP contribution in [0.1, 0.15) is 27.8 Å². The second-order valence-corrected chi connectivity index (χ2v) is 7.41. The van der Waals surface area contributed by atoms with Gasteiger partial charge in [-0.25, -0.2) is 4.79 Å². The van der Waals surface area contributed by atoms with Crippen molar-refractivity contribution >= 4 is 11.0 Å². The summed E-state index contributed by atoms with van der Waals surface area (Å²) < 4.78 is 17.2. The second-order valence-electron chi connectivity index (χ2n) is 7.41. The van der Waals surface area contributed by atoms with E-state index >= 15 is 0 Å². The highest BCUT2D eigenvalue weighted by atomic mass is 16.5. The Balaban J connectivity index is 1.64. The Kier molecular flexibility index (Phi) is 4.66. The van der Waals surface area contributed by atoms with E-state index < -0.39 is 5.63 Å². The Hall–Kier alpha value is -3.47. The number of aryl methyl sites for hydroxylation is 2. The highest BCUT2D eigenvalue weighted by molar-refractivity contribution is 5.83. The summed E-state index contributed by atoms with van der Waals surface area (Å²) in [5.41, 5.74) is 4.19. The first-order chi connectivity index (χ1) is 13.8. The second kappa shape index (κ2) is 7.17. The Morgan fingerprint density at radius 2 is 1.62 bits per heavy atom. The fourth-order valence-corrected chi connectivity index (χ4v) is 3.50. The molecule has 2 aromatic heterocycles. The maximum absolute atomic E-state index is 11.9. The molecular formula is C24H22O5. The zero-order valence-electron chi connectivity index (χ0n) is 16.8. The maximum atomic E-state index is 11.9. The summed E-state index contributed by atoms with van der Waals surface area (Å²) in [6.07, 6.45) is 0. The molecule has 0 aliphatic carbocycles. The molecule has 0 unspecified atom stereocenters. The standard InChI is InChI=1S/C24H22O5/c1-13-7-14(2)9-17(8-13)12-27-19-6-5-18-10-21(28-20(18)11-19)23-15(3)22(25)16(4)24(26)29-23/h5-11,25H,12H2,1-4H3. The molecule has 2 heterocycles. The molecule has 0 fully saturated rings. The molecule has 0 amide bonds. The minimum Gasteiger partial charge on any atom is -0.507 e. The van der Waals surface area contributed by atoms with Crippen LogP contribution < -0.4 is 10.4 Å². The van der Waals surface area contributed by atoms with Gasteiger partial charge in [0.05, 0.1) is 5.56 Å². The van der Waals surface area contributed by atoms with Crippen molar-refractivity contribution in [2.75, 3.05) is 0 Å². The summed E-state index contributed by atoms with van der Waals surface area (Å²) in [5, 5.41) is 11.0. The van der Waals surface area contributed by atoms with E-state index in [1.165, 1.54) is 18.1 Å². The molecule has 1 N–H and O–H groups in total. The van der Waals surface area contributed by atoms with Crippen molar-refractivity contribution in [3.8, 4) is 23.0 Å². The summed E-state index contributed by atoms with van der Waals surface area (Å²) in [5.74, 6) is 1.22. The molecule has 4 rings (SSSR count). The lowest BCUT2D eigenvalue weighted by molar-refractivity contribution is 0.306. The molecule has 0 bridgehead atoms. The first-order valence-corrected chi connectivity index (χ1v) is 9.39. The van der Waals surface area contributed by atoms with Gasteiger partial charge < -0.3 is 18.7 Å². The van der Waals surface area contributed by atoms with Gasteiger partial charge in [-0.3, -0.25) is 0 Å². The molecule has 29 heavy (non-hydrogen) atoms. The molecule has 0 spiro atoms. The molecule has 0 aliphatic rings. The van der Waals surface area contributed by atoms with Gasteiger partial charge in [0.2, 0.25) is 0 Å². The molecule has 5 heteroatoms. The van der Waals surface area contributed by atoms with E-state index in [0.29, 0.717) is 29.3 Å². The number of fused-ring (bicyclic) bond motifs is 1. The van der Waals surface area contributed by atoms with Gasteiger partial charge >= 0.3 is 5.63 Å². The fraction of sp³-hybridized carbons (Fsp3) is 0.208. The van der Waals surface area contributed by atoms with Crippen molar-refractivity contribution in [2.45, 2.75) is 34.3 Å². The summed E-state index contributed by atoms with van der Waals surface area (Å²) in [6, 6.07) is 13.7. The van der Waals surface area contributed by atoms with Gasteiger partial charge in [-0.15, -0.1) is 0 Å². The van der Waals surface area contributed by atoms with Crippen LogP contribution in [0.2, 0.25) is 0 Å². The molecule has 2 aromatic carbocycles. The van der Waals surface area contributed by atoms with Crippen LogP contribution in [0.5, 0.6) is 11.5 Å². The van der Waals surface area contributed by atoms with Crippen LogP contribution in [0.15, 0.2) is 56.1 Å². The Morgan fingerprint density at radius 3 is 2.34 bits per heavy atom. The van der Waals surface area contributed by atoms with Crippen LogP contribution in [0.25, 0.3) is 22.5 Å². The number of benzene rings is 2. The number of aromatic hydroxyl groups is 1. The van der Waals surface area contributed by atoms with Gasteiger partial charge in [0, 0.05) is 17.0 Å². The summed E-state index contributed by atoms with van der Waals surface area (Å²) in [7, 11) is 0. The summed E-state index contributed by atoms with van der Waals surface area (Å²) in [4.78, 5) is 11.9. The van der Waals surface area contributed by atoms with Gasteiger partial charge in [-0.2, -0.15) is 0 Å². The lowest BCUT2D eigenvalue weighted by Crippen LogP contribution is -2.05. The van der Waals surface area contributed by atoms with E-state index in [-0.39, 0.29) is 17.1 Å². The van der Waals surface area contributed by atoms with Gasteiger partial charge in [-0.05, 0) is 51.5 Å². The van der Waals surface area contributed by atoms with Gasteiger partial charge in [0.1, 0.15) is 23.7 Å². The number of hydrogen-bond acceptors (Lipinski definition) is 5. The first kappa shape index (κ1) is 18.9. The predicted molar refractivity (Wildman–Crippen MR) is 112 cm³/mol. The van der Waals surface area contributed by atoms with Crippen molar-refractivity contribution in [1.29, 1.82) is 0 Å². The molecule has 148 valence electrons. The third kappa shape index (κ3) is 3.63. The number of furan rings is 1. The van der Waals surface area contributed by atoms with Gasteiger partial charge in [-0.1, -0.05) is 29.3 Å². The third-order valence-electron chi connectivity index (χ3n) is 4.95. The SMILES string of the molecule is Cc1cc(C)cc(COc2ccc3cc(-c4oc(=O)c(C)c(O)c4C)oc3c2)c1. The third-order valence-corrected chi connectivity index (χ3v) is 4.95. The molecule has 0 aliphatic heterocycles. The summed E-state index contributed by atoms with van der Waals surface area (Å²) >= 11 is 0. The van der Waals surface area contributed by atoms with E-state index in [2.05, 4.69) is 32.0 Å². The van der Waals surface area contributed by atoms with Gasteiger partial charge in [0.15, 0.2) is 11.5 Å². The molecular weight excluding hydrogens is 368 g/mol. The largest absolute Gasteiger partial charge is 0.507 e. The maximum Gasteiger partial charge on any atom is 0.343 e. The van der Waals surface area contributed by atoms with E-state index in [4.69, 9.17) is 13.6 Å². The number of rotatable bonds is 4. The Morgan fingerprint density at radius 1 is 0.897 bits per heavy atom. The predicted octanol–water partition coefficient (Wildman–Crippen LogP) is 5.57. The zero-order valence-corrected chi connectivity index (χ0v) is 16.8. The van der Waals surface area contributed by atoms with Crippen molar-refractivity contribution in [3.05, 3.63) is 80.7 Å². The average molecular weight is 390 g/mol. The topological polar surface area (TPSA) is 72.8 Å². The van der Waals surface area contributed by atoms with Gasteiger partial charge in [0.25, 0.3) is 0 Å². The van der Waals surface area contributed by atoms with Crippen molar-refractivity contribution in [1.82, 2.24) is 0 Å². The van der Waals surface area contributed by atoms with Crippen LogP contribution in [0.3, 0.4) is 0 Å². The molecule has 0 atom stereocenters. The van der Waals surface area contributed by atoms with E-state index in [1.54, 1.807) is 13.0 Å². The highest BCUT2D eigenvalue weighted by Gasteiger charge is 2.18. The molecule has 5 nitrogen and oxygen atoms in total. The van der Waals surface area contributed by atoms with E-state index in [9.17, 15) is 9.90 Å². The van der Waals surface area contributed by atoms with Crippen LogP contribution in [-0.2, 0) is 6.61 Å². The minimum atomic E-state index is -0.582. The normalized spacial score (nSPS) is 11.2. The quantitative estimate of drug-likeness (QED) is 0.493. The molecule has 0 saturated carbocycles. The zero-order chi connectivity index (χ0) is 20.7. The molecule has 0 saturated heterocycles. The monoisotopic (exact) mass is 390 g/mol. The van der Waals surface area contributed by atoms with E-state index in [0.717, 1.165) is 10.9 Å². The van der Waals surface area contributed by atoms with Crippen molar-refractivity contribution < 1.29 is 18.7 Å². The van der Waals surface area contributed by atoms with Crippen molar-refractivity contribution in [3.63, 3.8) is 0 Å². The molecule has 0 radical (unpaired) electrons. The number of hydrogen-bond donors (Lipinski definition) is 1. The van der Waals surface area contributed by atoms with Crippen molar-refractivity contribution in [2.24, 2.45) is 0 Å². The highest BCUT2D eigenvalue weighted by Crippen LogP contribution is 2.34. The Bertz CT molecular complexity index is 1260. The average Bonchev–Trinajstić information content (AvgIpc) is 3.10. The number of ether oxygens (including phenoxy) is 1. The summed E-state index contributed by atoms with van der Waals surface area (Å²) in [6.45, 7) is 7.80. The smallest absolute Gasteiger partial charge is 0.343 e.